The van der Waals surface area contributed by atoms with Crippen LogP contribution in [0.4, 0.5) is 0 Å². The Hall–Kier alpha value is -1.14. The molecule has 1 saturated carbocycles. The highest BCUT2D eigenvalue weighted by Crippen LogP contribution is 2.31. The van der Waals surface area contributed by atoms with Gasteiger partial charge in [0.2, 0.25) is 0 Å². The third kappa shape index (κ3) is 3.17. The molecule has 1 heterocycles. The first-order chi connectivity index (χ1) is 8.08. The summed E-state index contributed by atoms with van der Waals surface area (Å²) in [6.45, 7) is 0.472. The van der Waals surface area contributed by atoms with Crippen LogP contribution < -0.4 is 16.6 Å². The first-order valence-electron chi connectivity index (χ1n) is 5.50. The molecule has 0 bridgehead atoms. The molecule has 1 unspecified atom stereocenters. The summed E-state index contributed by atoms with van der Waals surface area (Å²) in [6.07, 6.45) is 3.70. The minimum Gasteiger partial charge on any atom is -0.350 e. The van der Waals surface area contributed by atoms with Crippen LogP contribution in [-0.2, 0) is 0 Å². The van der Waals surface area contributed by atoms with Gasteiger partial charge in [0.15, 0.2) is 0 Å². The van der Waals surface area contributed by atoms with E-state index in [1.807, 2.05) is 0 Å². The lowest BCUT2D eigenvalue weighted by Crippen LogP contribution is -2.38. The fourth-order valence-electron chi connectivity index (χ4n) is 1.59. The number of aromatic nitrogens is 1. The maximum atomic E-state index is 11.7. The number of hydrogen-bond donors (Lipinski definition) is 3. The third-order valence-corrected chi connectivity index (χ3v) is 3.43. The van der Waals surface area contributed by atoms with E-state index in [1.165, 1.54) is 12.3 Å². The van der Waals surface area contributed by atoms with Gasteiger partial charge in [-0.2, -0.15) is 0 Å². The predicted molar refractivity (Wildman–Crippen MR) is 67.8 cm³/mol. The van der Waals surface area contributed by atoms with Crippen molar-refractivity contribution in [2.75, 3.05) is 6.54 Å². The Labute approximate surface area is 107 Å². The van der Waals surface area contributed by atoms with E-state index in [4.69, 9.17) is 5.73 Å². The maximum absolute atomic E-state index is 11.7. The van der Waals surface area contributed by atoms with Gasteiger partial charge in [0.1, 0.15) is 0 Å². The van der Waals surface area contributed by atoms with Crippen molar-refractivity contribution in [3.05, 3.63) is 32.7 Å². The molecule has 5 nitrogen and oxygen atoms in total. The molecule has 0 aliphatic heterocycles. The van der Waals surface area contributed by atoms with Crippen LogP contribution in [0.1, 0.15) is 23.2 Å². The highest BCUT2D eigenvalue weighted by molar-refractivity contribution is 9.10. The highest BCUT2D eigenvalue weighted by Gasteiger charge is 2.28. The number of amides is 1. The van der Waals surface area contributed by atoms with Gasteiger partial charge in [-0.15, -0.1) is 0 Å². The summed E-state index contributed by atoms with van der Waals surface area (Å²) in [5.41, 5.74) is 6.04. The normalized spacial score (nSPS) is 16.6. The molecule has 1 atom stereocenters. The molecule has 17 heavy (non-hydrogen) atoms. The van der Waals surface area contributed by atoms with Crippen molar-refractivity contribution in [1.82, 2.24) is 10.3 Å². The van der Waals surface area contributed by atoms with Gasteiger partial charge in [0.25, 0.3) is 11.5 Å². The Morgan fingerprint density at radius 2 is 2.35 bits per heavy atom. The zero-order chi connectivity index (χ0) is 12.4. The Kier molecular flexibility index (Phi) is 3.63. The second-order valence-corrected chi connectivity index (χ2v) is 5.13. The molecule has 1 amide bonds. The number of hydrogen-bond acceptors (Lipinski definition) is 3. The molecule has 0 radical (unpaired) electrons. The van der Waals surface area contributed by atoms with Gasteiger partial charge >= 0.3 is 0 Å². The lowest BCUT2D eigenvalue weighted by molar-refractivity contribution is 0.0950. The summed E-state index contributed by atoms with van der Waals surface area (Å²) in [7, 11) is 0. The number of H-pyrrole nitrogens is 1. The predicted octanol–water partition coefficient (Wildman–Crippen LogP) is 0.604. The molecule has 2 rings (SSSR count). The van der Waals surface area contributed by atoms with E-state index in [9.17, 15) is 9.59 Å². The Bertz CT molecular complexity index is 482. The molecular formula is C11H14BrN3O2. The van der Waals surface area contributed by atoms with Gasteiger partial charge in [0, 0.05) is 18.8 Å². The van der Waals surface area contributed by atoms with E-state index in [-0.39, 0.29) is 17.5 Å². The number of pyridine rings is 1. The van der Waals surface area contributed by atoms with Crippen LogP contribution in [0.5, 0.6) is 0 Å². The summed E-state index contributed by atoms with van der Waals surface area (Å²) >= 11 is 3.08. The molecule has 0 saturated heterocycles. The Balaban J connectivity index is 1.94. The molecule has 0 spiro atoms. The molecule has 6 heteroatoms. The van der Waals surface area contributed by atoms with Crippen LogP contribution in [-0.4, -0.2) is 23.5 Å². The molecule has 1 aromatic rings. The smallest absolute Gasteiger partial charge is 0.262 e. The van der Waals surface area contributed by atoms with E-state index >= 15 is 0 Å². The van der Waals surface area contributed by atoms with Crippen molar-refractivity contribution >= 4 is 21.8 Å². The van der Waals surface area contributed by atoms with Crippen LogP contribution in [0.3, 0.4) is 0 Å². The number of carbonyl (C=O) groups is 1. The maximum Gasteiger partial charge on any atom is 0.262 e. The molecular weight excluding hydrogens is 286 g/mol. The van der Waals surface area contributed by atoms with Gasteiger partial charge in [-0.25, -0.2) is 0 Å². The minimum atomic E-state index is -0.253. The molecule has 0 aromatic carbocycles. The average Bonchev–Trinajstić information content (AvgIpc) is 3.13. The monoisotopic (exact) mass is 299 g/mol. The molecule has 1 fully saturated rings. The van der Waals surface area contributed by atoms with Crippen molar-refractivity contribution in [2.45, 2.75) is 18.9 Å². The number of rotatable bonds is 4. The van der Waals surface area contributed by atoms with Crippen molar-refractivity contribution in [1.29, 1.82) is 0 Å². The van der Waals surface area contributed by atoms with Crippen molar-refractivity contribution < 1.29 is 4.79 Å². The molecule has 1 aliphatic carbocycles. The zero-order valence-corrected chi connectivity index (χ0v) is 10.8. The minimum absolute atomic E-state index is 0.0325. The van der Waals surface area contributed by atoms with Gasteiger partial charge in [-0.3, -0.25) is 9.59 Å². The molecule has 1 aliphatic rings. The van der Waals surface area contributed by atoms with Crippen LogP contribution in [0.25, 0.3) is 0 Å². The second kappa shape index (κ2) is 5.01. The number of halogens is 1. The van der Waals surface area contributed by atoms with Gasteiger partial charge < -0.3 is 16.0 Å². The first kappa shape index (κ1) is 12.3. The van der Waals surface area contributed by atoms with Crippen LogP contribution in [0.2, 0.25) is 0 Å². The number of carbonyl (C=O) groups excluding carboxylic acids is 1. The van der Waals surface area contributed by atoms with Crippen molar-refractivity contribution in [3.63, 3.8) is 0 Å². The lowest BCUT2D eigenvalue weighted by atomic mass is 10.2. The summed E-state index contributed by atoms with van der Waals surface area (Å²) in [4.78, 5) is 25.3. The lowest BCUT2D eigenvalue weighted by Gasteiger charge is -2.11. The number of nitrogens with one attached hydrogen (secondary N) is 2. The zero-order valence-electron chi connectivity index (χ0n) is 9.20. The average molecular weight is 300 g/mol. The number of aromatic amines is 1. The SMILES string of the molecule is NC(CNC(=O)c1c[nH]c(=O)c(Br)c1)C1CC1. The van der Waals surface area contributed by atoms with Gasteiger partial charge in [-0.1, -0.05) is 0 Å². The first-order valence-corrected chi connectivity index (χ1v) is 6.29. The van der Waals surface area contributed by atoms with Gasteiger partial charge in [-0.05, 0) is 40.8 Å². The second-order valence-electron chi connectivity index (χ2n) is 4.28. The fraction of sp³-hybridized carbons (Fsp3) is 0.455. The highest BCUT2D eigenvalue weighted by atomic mass is 79.9. The summed E-state index contributed by atoms with van der Waals surface area (Å²) < 4.78 is 0.344. The van der Waals surface area contributed by atoms with Crippen LogP contribution in [0, 0.1) is 5.92 Å². The van der Waals surface area contributed by atoms with E-state index in [1.54, 1.807) is 0 Å². The quantitative estimate of drug-likeness (QED) is 0.761. The van der Waals surface area contributed by atoms with Crippen molar-refractivity contribution in [3.8, 4) is 0 Å². The van der Waals surface area contributed by atoms with E-state index in [2.05, 4.69) is 26.2 Å². The van der Waals surface area contributed by atoms with E-state index < -0.39 is 0 Å². The Morgan fingerprint density at radius 1 is 1.65 bits per heavy atom. The molecule has 4 N–H and O–H groups in total. The molecule has 1 aromatic heterocycles. The standard InChI is InChI=1S/C11H14BrN3O2/c12-8-3-7(4-14-11(8)17)10(16)15-5-9(13)6-1-2-6/h3-4,6,9H,1-2,5,13H2,(H,14,17)(H,15,16). The summed E-state index contributed by atoms with van der Waals surface area (Å²) in [6, 6.07) is 1.53. The van der Waals surface area contributed by atoms with Crippen molar-refractivity contribution in [2.24, 2.45) is 11.7 Å². The van der Waals surface area contributed by atoms with Gasteiger partial charge in [0.05, 0.1) is 10.0 Å². The fourth-order valence-corrected chi connectivity index (χ4v) is 1.95. The summed E-state index contributed by atoms with van der Waals surface area (Å²) in [5.74, 6) is 0.329. The van der Waals surface area contributed by atoms with Crippen LogP contribution >= 0.6 is 15.9 Å². The topological polar surface area (TPSA) is 88.0 Å². The third-order valence-electron chi connectivity index (χ3n) is 2.85. The van der Waals surface area contributed by atoms with Crippen LogP contribution in [0.15, 0.2) is 21.5 Å². The number of nitrogens with two attached hydrogens (primary N) is 1. The van der Waals surface area contributed by atoms with E-state index in [0.717, 1.165) is 12.8 Å². The largest absolute Gasteiger partial charge is 0.350 e. The summed E-state index contributed by atoms with van der Waals surface area (Å²) in [5, 5.41) is 2.76. The Morgan fingerprint density at radius 3 is 2.94 bits per heavy atom. The van der Waals surface area contributed by atoms with E-state index in [0.29, 0.717) is 22.5 Å². The molecule has 92 valence electrons.